The fraction of sp³-hybridized carbons (Fsp3) is 0.0714. The predicted octanol–water partition coefficient (Wildman–Crippen LogP) is 2.96. The van der Waals surface area contributed by atoms with Crippen molar-refractivity contribution in [2.45, 2.75) is 6.61 Å². The van der Waals surface area contributed by atoms with Crippen LogP contribution in [0.3, 0.4) is 0 Å². The lowest BCUT2D eigenvalue weighted by Gasteiger charge is -2.05. The molecule has 0 amide bonds. The highest BCUT2D eigenvalue weighted by atomic mass is 35.5. The summed E-state index contributed by atoms with van der Waals surface area (Å²) in [6.45, 7) is 0.108. The number of pyridine rings is 1. The quantitative estimate of drug-likeness (QED) is 0.636. The van der Waals surface area contributed by atoms with Crippen LogP contribution in [0, 0.1) is 11.3 Å². The third kappa shape index (κ3) is 3.54. The highest BCUT2D eigenvalue weighted by Crippen LogP contribution is 2.09. The van der Waals surface area contributed by atoms with Crippen molar-refractivity contribution in [2.75, 3.05) is 0 Å². The second-order valence-corrected chi connectivity index (χ2v) is 4.15. The first-order valence-corrected chi connectivity index (χ1v) is 5.84. The summed E-state index contributed by atoms with van der Waals surface area (Å²) in [6.07, 6.45) is 1.36. The van der Waals surface area contributed by atoms with Gasteiger partial charge in [0.05, 0.1) is 17.2 Å². The number of nitriles is 1. The van der Waals surface area contributed by atoms with Gasteiger partial charge < -0.3 is 4.74 Å². The van der Waals surface area contributed by atoms with Crippen LogP contribution in [0.2, 0.25) is 5.15 Å². The van der Waals surface area contributed by atoms with Crippen LogP contribution < -0.4 is 0 Å². The van der Waals surface area contributed by atoms with Crippen molar-refractivity contribution >= 4 is 17.6 Å². The van der Waals surface area contributed by atoms with E-state index in [4.69, 9.17) is 21.6 Å². The molecular formula is C14H9ClN2O2. The van der Waals surface area contributed by atoms with E-state index in [-0.39, 0.29) is 6.61 Å². The lowest BCUT2D eigenvalue weighted by Crippen LogP contribution is -2.05. The maximum absolute atomic E-state index is 11.7. The Bertz CT molecular complexity index is 633. The standard InChI is InChI=1S/C14H9ClN2O2/c15-13-5-4-12(8-17-13)14(18)19-9-11-3-1-2-10(6-11)7-16/h1-6,8H,9H2. The van der Waals surface area contributed by atoms with Crippen LogP contribution in [0.4, 0.5) is 0 Å². The van der Waals surface area contributed by atoms with Crippen LogP contribution in [-0.2, 0) is 11.3 Å². The van der Waals surface area contributed by atoms with E-state index in [0.29, 0.717) is 16.3 Å². The summed E-state index contributed by atoms with van der Waals surface area (Å²) in [5.41, 5.74) is 1.62. The number of esters is 1. The molecule has 2 rings (SSSR count). The molecule has 94 valence electrons. The lowest BCUT2D eigenvalue weighted by atomic mass is 10.1. The number of nitrogens with zero attached hydrogens (tertiary/aromatic N) is 2. The molecule has 0 spiro atoms. The predicted molar refractivity (Wildman–Crippen MR) is 69.5 cm³/mol. The number of benzene rings is 1. The summed E-state index contributed by atoms with van der Waals surface area (Å²) in [4.78, 5) is 15.5. The minimum Gasteiger partial charge on any atom is -0.457 e. The van der Waals surface area contributed by atoms with Crippen molar-refractivity contribution in [3.63, 3.8) is 0 Å². The fourth-order valence-corrected chi connectivity index (χ4v) is 1.57. The zero-order valence-corrected chi connectivity index (χ0v) is 10.6. The molecule has 1 aromatic carbocycles. The largest absolute Gasteiger partial charge is 0.457 e. The third-order valence-corrected chi connectivity index (χ3v) is 2.61. The van der Waals surface area contributed by atoms with E-state index in [1.54, 1.807) is 30.3 Å². The number of hydrogen-bond acceptors (Lipinski definition) is 4. The molecule has 4 nitrogen and oxygen atoms in total. The zero-order valence-electron chi connectivity index (χ0n) is 9.84. The van der Waals surface area contributed by atoms with E-state index >= 15 is 0 Å². The zero-order chi connectivity index (χ0) is 13.7. The molecular weight excluding hydrogens is 264 g/mol. The smallest absolute Gasteiger partial charge is 0.340 e. The highest BCUT2D eigenvalue weighted by Gasteiger charge is 2.07. The number of carbonyl (C=O) groups excluding carboxylic acids is 1. The van der Waals surface area contributed by atoms with Crippen molar-refractivity contribution in [1.29, 1.82) is 5.26 Å². The van der Waals surface area contributed by atoms with E-state index in [9.17, 15) is 4.79 Å². The molecule has 1 aromatic heterocycles. The summed E-state index contributed by atoms with van der Waals surface area (Å²) in [5, 5.41) is 9.08. The summed E-state index contributed by atoms with van der Waals surface area (Å²) in [7, 11) is 0. The second kappa shape index (κ2) is 5.98. The van der Waals surface area contributed by atoms with Gasteiger partial charge in [-0.05, 0) is 29.8 Å². The van der Waals surface area contributed by atoms with Crippen LogP contribution in [0.1, 0.15) is 21.5 Å². The second-order valence-electron chi connectivity index (χ2n) is 3.76. The van der Waals surface area contributed by atoms with E-state index in [1.165, 1.54) is 12.3 Å². The first-order valence-electron chi connectivity index (χ1n) is 5.47. The number of ether oxygens (including phenoxy) is 1. The third-order valence-electron chi connectivity index (χ3n) is 2.39. The van der Waals surface area contributed by atoms with Gasteiger partial charge in [-0.25, -0.2) is 9.78 Å². The van der Waals surface area contributed by atoms with Gasteiger partial charge in [-0.2, -0.15) is 5.26 Å². The van der Waals surface area contributed by atoms with Crippen LogP contribution in [-0.4, -0.2) is 11.0 Å². The van der Waals surface area contributed by atoms with E-state index in [2.05, 4.69) is 4.98 Å². The number of rotatable bonds is 3. The molecule has 0 bridgehead atoms. The topological polar surface area (TPSA) is 63.0 Å². The molecule has 0 aliphatic rings. The first kappa shape index (κ1) is 13.1. The van der Waals surface area contributed by atoms with Crippen molar-refractivity contribution in [2.24, 2.45) is 0 Å². The van der Waals surface area contributed by atoms with Gasteiger partial charge in [0, 0.05) is 6.20 Å². The van der Waals surface area contributed by atoms with Gasteiger partial charge >= 0.3 is 5.97 Å². The number of hydrogen-bond donors (Lipinski definition) is 0. The summed E-state index contributed by atoms with van der Waals surface area (Å²) < 4.78 is 5.12. The van der Waals surface area contributed by atoms with Gasteiger partial charge in [0.15, 0.2) is 0 Å². The van der Waals surface area contributed by atoms with Crippen molar-refractivity contribution in [1.82, 2.24) is 4.98 Å². The van der Waals surface area contributed by atoms with Gasteiger partial charge in [0.2, 0.25) is 0 Å². The molecule has 0 fully saturated rings. The Morgan fingerprint density at radius 1 is 1.37 bits per heavy atom. The Kier molecular flexibility index (Phi) is 4.11. The summed E-state index contributed by atoms with van der Waals surface area (Å²) in [6, 6.07) is 12.0. The van der Waals surface area contributed by atoms with E-state index < -0.39 is 5.97 Å². The van der Waals surface area contributed by atoms with Crippen molar-refractivity contribution < 1.29 is 9.53 Å². The Morgan fingerprint density at radius 2 is 2.21 bits per heavy atom. The number of halogens is 1. The molecule has 0 saturated carbocycles. The Labute approximate surface area is 115 Å². The maximum atomic E-state index is 11.7. The van der Waals surface area contributed by atoms with Gasteiger partial charge in [-0.1, -0.05) is 23.7 Å². The molecule has 2 aromatic rings. The summed E-state index contributed by atoms with van der Waals surface area (Å²) in [5.74, 6) is -0.480. The average Bonchev–Trinajstić information content (AvgIpc) is 2.46. The average molecular weight is 273 g/mol. The van der Waals surface area contributed by atoms with Crippen LogP contribution >= 0.6 is 11.6 Å². The SMILES string of the molecule is N#Cc1cccc(COC(=O)c2ccc(Cl)nc2)c1. The molecule has 0 aliphatic carbocycles. The minimum atomic E-state index is -0.480. The van der Waals surface area contributed by atoms with Gasteiger partial charge in [-0.15, -0.1) is 0 Å². The Hall–Kier alpha value is -2.38. The molecule has 1 heterocycles. The Morgan fingerprint density at radius 3 is 2.89 bits per heavy atom. The van der Waals surface area contributed by atoms with Crippen molar-refractivity contribution in [3.05, 3.63) is 64.4 Å². The highest BCUT2D eigenvalue weighted by molar-refractivity contribution is 6.29. The molecule has 19 heavy (non-hydrogen) atoms. The van der Waals surface area contributed by atoms with Gasteiger partial charge in [-0.3, -0.25) is 0 Å². The van der Waals surface area contributed by atoms with Crippen LogP contribution in [0.15, 0.2) is 42.6 Å². The van der Waals surface area contributed by atoms with Crippen molar-refractivity contribution in [3.8, 4) is 6.07 Å². The summed E-state index contributed by atoms with van der Waals surface area (Å²) >= 11 is 5.63. The monoisotopic (exact) mass is 272 g/mol. The number of carbonyl (C=O) groups is 1. The Balaban J connectivity index is 2.00. The van der Waals surface area contributed by atoms with E-state index in [0.717, 1.165) is 5.56 Å². The van der Waals surface area contributed by atoms with Gasteiger partial charge in [0.25, 0.3) is 0 Å². The molecule has 0 aliphatic heterocycles. The molecule has 5 heteroatoms. The lowest BCUT2D eigenvalue weighted by molar-refractivity contribution is 0.0472. The van der Waals surface area contributed by atoms with E-state index in [1.807, 2.05) is 6.07 Å². The van der Waals surface area contributed by atoms with Crippen LogP contribution in [0.5, 0.6) is 0 Å². The maximum Gasteiger partial charge on any atom is 0.340 e. The molecule has 0 atom stereocenters. The molecule has 0 saturated heterocycles. The first-order chi connectivity index (χ1) is 9.19. The fourth-order valence-electron chi connectivity index (χ4n) is 1.46. The number of aromatic nitrogens is 1. The molecule has 0 radical (unpaired) electrons. The molecule has 0 unspecified atom stereocenters. The minimum absolute atomic E-state index is 0.108. The molecule has 0 N–H and O–H groups in total. The van der Waals surface area contributed by atoms with Gasteiger partial charge in [0.1, 0.15) is 11.8 Å². The normalized spacial score (nSPS) is 9.68. The van der Waals surface area contributed by atoms with Crippen LogP contribution in [0.25, 0.3) is 0 Å².